The molecule has 0 bridgehead atoms. The highest BCUT2D eigenvalue weighted by Gasteiger charge is 2.43. The van der Waals surface area contributed by atoms with Gasteiger partial charge in [0.25, 0.3) is 5.56 Å². The number of aromatic nitrogens is 2. The summed E-state index contributed by atoms with van der Waals surface area (Å²) in [4.78, 5) is 22.0. The highest BCUT2D eigenvalue weighted by Crippen LogP contribution is 2.32. The summed E-state index contributed by atoms with van der Waals surface area (Å²) in [5.41, 5.74) is 1.76. The zero-order valence-corrected chi connectivity index (χ0v) is 16.8. The molecule has 0 amide bonds. The summed E-state index contributed by atoms with van der Waals surface area (Å²) < 4.78 is 8.02. The van der Waals surface area contributed by atoms with E-state index in [2.05, 4.69) is 20.9 Å². The van der Waals surface area contributed by atoms with E-state index in [1.165, 1.54) is 0 Å². The second-order valence-electron chi connectivity index (χ2n) is 7.82. The minimum atomic E-state index is -0.161. The number of morpholine rings is 1. The normalized spacial score (nSPS) is 23.1. The third-order valence-electron chi connectivity index (χ3n) is 5.93. The molecule has 0 radical (unpaired) electrons. The molecule has 1 atom stereocenters. The Morgan fingerprint density at radius 1 is 1.25 bits per heavy atom. The van der Waals surface area contributed by atoms with E-state index in [0.717, 1.165) is 60.8 Å². The second-order valence-corrected chi connectivity index (χ2v) is 8.69. The van der Waals surface area contributed by atoms with Gasteiger partial charge in [0.05, 0.1) is 24.3 Å². The number of para-hydroxylation sites is 1. The monoisotopic (exact) mass is 396 g/mol. The first kappa shape index (κ1) is 17.8. The maximum Gasteiger partial charge on any atom is 0.255 e. The average molecular weight is 397 g/mol. The van der Waals surface area contributed by atoms with Gasteiger partial charge in [0.2, 0.25) is 0 Å². The zero-order valence-electron chi connectivity index (χ0n) is 16.0. The van der Waals surface area contributed by atoms with Gasteiger partial charge in [0, 0.05) is 50.4 Å². The second kappa shape index (κ2) is 6.99. The van der Waals surface area contributed by atoms with Crippen LogP contribution in [-0.2, 0) is 18.3 Å². The largest absolute Gasteiger partial charge is 0.370 e. The van der Waals surface area contributed by atoms with Gasteiger partial charge in [0.1, 0.15) is 0 Å². The van der Waals surface area contributed by atoms with E-state index in [4.69, 9.17) is 4.74 Å². The highest BCUT2D eigenvalue weighted by molar-refractivity contribution is 7.13. The van der Waals surface area contributed by atoms with Crippen molar-refractivity contribution in [2.24, 2.45) is 7.05 Å². The Morgan fingerprint density at radius 2 is 2.14 bits per heavy atom. The van der Waals surface area contributed by atoms with Crippen LogP contribution in [0, 0.1) is 0 Å². The standard InChI is InChI=1S/C21H24N4O2S/c1-23-18-5-3-2-4-16(18)12-17(19(23)26)13-24-8-6-21(14-24)15-25(9-10-27-21)20-22-7-11-28-20/h2-5,7,11-12H,6,8-10,13-15H2,1H3. The van der Waals surface area contributed by atoms with Gasteiger partial charge >= 0.3 is 0 Å². The Bertz CT molecular complexity index is 1050. The number of likely N-dealkylation sites (tertiary alicyclic amines) is 1. The van der Waals surface area contributed by atoms with Crippen molar-refractivity contribution in [2.75, 3.05) is 37.7 Å². The molecule has 6 nitrogen and oxygen atoms in total. The topological polar surface area (TPSA) is 50.6 Å². The lowest BCUT2D eigenvalue weighted by Crippen LogP contribution is -2.53. The van der Waals surface area contributed by atoms with Gasteiger partial charge in [-0.05, 0) is 23.9 Å². The van der Waals surface area contributed by atoms with Crippen LogP contribution in [0.5, 0.6) is 0 Å². The molecule has 2 aromatic heterocycles. The number of rotatable bonds is 3. The number of benzene rings is 1. The van der Waals surface area contributed by atoms with Gasteiger partial charge in [-0.2, -0.15) is 0 Å². The van der Waals surface area contributed by atoms with Crippen LogP contribution in [-0.4, -0.2) is 52.8 Å². The van der Waals surface area contributed by atoms with Gasteiger partial charge in [-0.1, -0.05) is 18.2 Å². The van der Waals surface area contributed by atoms with Crippen molar-refractivity contribution < 1.29 is 4.74 Å². The van der Waals surface area contributed by atoms with Crippen molar-refractivity contribution in [1.29, 1.82) is 0 Å². The summed E-state index contributed by atoms with van der Waals surface area (Å²) in [6.45, 7) is 4.95. The van der Waals surface area contributed by atoms with E-state index in [1.807, 2.05) is 42.9 Å². The first-order chi connectivity index (χ1) is 13.6. The Kier molecular flexibility index (Phi) is 4.45. The highest BCUT2D eigenvalue weighted by atomic mass is 32.1. The van der Waals surface area contributed by atoms with Crippen molar-refractivity contribution in [3.8, 4) is 0 Å². The molecule has 3 aromatic rings. The smallest absolute Gasteiger partial charge is 0.255 e. The molecular formula is C21H24N4O2S. The summed E-state index contributed by atoms with van der Waals surface area (Å²) in [7, 11) is 1.86. The fourth-order valence-corrected chi connectivity index (χ4v) is 5.20. The number of hydrogen-bond donors (Lipinski definition) is 0. The van der Waals surface area contributed by atoms with E-state index in [-0.39, 0.29) is 11.2 Å². The molecular weight excluding hydrogens is 372 g/mol. The predicted octanol–water partition coefficient (Wildman–Crippen LogP) is 2.48. The molecule has 1 spiro atoms. The van der Waals surface area contributed by atoms with Crippen LogP contribution >= 0.6 is 11.3 Å². The zero-order chi connectivity index (χ0) is 19.1. The van der Waals surface area contributed by atoms with Crippen molar-refractivity contribution in [2.45, 2.75) is 18.6 Å². The van der Waals surface area contributed by atoms with E-state index in [9.17, 15) is 4.79 Å². The number of fused-ring (bicyclic) bond motifs is 1. The van der Waals surface area contributed by atoms with Crippen LogP contribution in [0.1, 0.15) is 12.0 Å². The molecule has 146 valence electrons. The Hall–Kier alpha value is -2.22. The predicted molar refractivity (Wildman–Crippen MR) is 112 cm³/mol. The van der Waals surface area contributed by atoms with E-state index < -0.39 is 0 Å². The number of hydrogen-bond acceptors (Lipinski definition) is 6. The molecule has 0 aliphatic carbocycles. The molecule has 2 fully saturated rings. The van der Waals surface area contributed by atoms with Gasteiger partial charge in [-0.25, -0.2) is 4.98 Å². The molecule has 2 aliphatic heterocycles. The first-order valence-electron chi connectivity index (χ1n) is 9.72. The summed E-state index contributed by atoms with van der Waals surface area (Å²) in [6.07, 6.45) is 2.85. The van der Waals surface area contributed by atoms with Crippen molar-refractivity contribution in [3.63, 3.8) is 0 Å². The summed E-state index contributed by atoms with van der Waals surface area (Å²) >= 11 is 1.68. The number of ether oxygens (including phenoxy) is 1. The average Bonchev–Trinajstić information content (AvgIpc) is 3.37. The number of pyridine rings is 1. The minimum Gasteiger partial charge on any atom is -0.370 e. The molecule has 7 heteroatoms. The SMILES string of the molecule is Cn1c(=O)c(CN2CCC3(C2)CN(c2nccs2)CCO3)cc2ccccc21. The van der Waals surface area contributed by atoms with Crippen LogP contribution in [0.25, 0.3) is 10.9 Å². The van der Waals surface area contributed by atoms with Crippen molar-refractivity contribution in [1.82, 2.24) is 14.5 Å². The Morgan fingerprint density at radius 3 is 3.00 bits per heavy atom. The van der Waals surface area contributed by atoms with Crippen LogP contribution < -0.4 is 10.5 Å². The van der Waals surface area contributed by atoms with E-state index in [1.54, 1.807) is 15.9 Å². The Balaban J connectivity index is 1.35. The third kappa shape index (κ3) is 3.13. The fraction of sp³-hybridized carbons (Fsp3) is 0.429. The lowest BCUT2D eigenvalue weighted by atomic mass is 10.0. The molecule has 2 aliphatic rings. The van der Waals surface area contributed by atoms with Gasteiger partial charge in [-0.3, -0.25) is 9.69 Å². The molecule has 2 saturated heterocycles. The van der Waals surface area contributed by atoms with Crippen LogP contribution in [0.4, 0.5) is 5.13 Å². The lowest BCUT2D eigenvalue weighted by molar-refractivity contribution is -0.0474. The molecule has 28 heavy (non-hydrogen) atoms. The fourth-order valence-electron chi connectivity index (χ4n) is 4.53. The molecule has 5 rings (SSSR count). The number of thiazole rings is 1. The summed E-state index contributed by atoms with van der Waals surface area (Å²) in [6, 6.07) is 10.1. The molecule has 0 N–H and O–H groups in total. The minimum absolute atomic E-state index is 0.0913. The first-order valence-corrected chi connectivity index (χ1v) is 10.6. The van der Waals surface area contributed by atoms with E-state index in [0.29, 0.717) is 6.54 Å². The van der Waals surface area contributed by atoms with Crippen LogP contribution in [0.15, 0.2) is 46.7 Å². The van der Waals surface area contributed by atoms with Gasteiger partial charge in [-0.15, -0.1) is 11.3 Å². The van der Waals surface area contributed by atoms with Crippen LogP contribution in [0.2, 0.25) is 0 Å². The lowest BCUT2D eigenvalue weighted by Gasteiger charge is -2.40. The summed E-state index contributed by atoms with van der Waals surface area (Å²) in [5, 5.41) is 4.20. The van der Waals surface area contributed by atoms with Gasteiger partial charge < -0.3 is 14.2 Å². The van der Waals surface area contributed by atoms with Gasteiger partial charge in [0.15, 0.2) is 5.13 Å². The number of anilines is 1. The van der Waals surface area contributed by atoms with Crippen molar-refractivity contribution >= 4 is 27.4 Å². The third-order valence-corrected chi connectivity index (χ3v) is 6.77. The quantitative estimate of drug-likeness (QED) is 0.681. The Labute approximate surface area is 168 Å². The molecule has 4 heterocycles. The molecule has 1 aromatic carbocycles. The van der Waals surface area contributed by atoms with Crippen LogP contribution in [0.3, 0.4) is 0 Å². The summed E-state index contributed by atoms with van der Waals surface area (Å²) in [5.74, 6) is 0. The number of aryl methyl sites for hydroxylation is 1. The molecule has 1 unspecified atom stereocenters. The maximum absolute atomic E-state index is 12.8. The van der Waals surface area contributed by atoms with Crippen molar-refractivity contribution in [3.05, 3.63) is 57.8 Å². The van der Waals surface area contributed by atoms with E-state index >= 15 is 0 Å². The molecule has 0 saturated carbocycles. The number of nitrogens with zero attached hydrogens (tertiary/aromatic N) is 4. The maximum atomic E-state index is 12.8.